The molecule has 6 aromatic carbocycles. The van der Waals surface area contributed by atoms with Crippen molar-refractivity contribution in [3.05, 3.63) is 158 Å². The van der Waals surface area contributed by atoms with Crippen molar-refractivity contribution in [3.63, 3.8) is 0 Å². The third-order valence-electron chi connectivity index (χ3n) is 9.34. The Hall–Kier alpha value is -6.26. The Labute approximate surface area is 264 Å². The predicted molar refractivity (Wildman–Crippen MR) is 191 cm³/mol. The highest BCUT2D eigenvalue weighted by molar-refractivity contribution is 6.26. The van der Waals surface area contributed by atoms with Gasteiger partial charge in [0.15, 0.2) is 0 Å². The molecule has 0 aliphatic carbocycles. The Kier molecular flexibility index (Phi) is 5.25. The van der Waals surface area contributed by atoms with Gasteiger partial charge in [-0.05, 0) is 54.6 Å². The van der Waals surface area contributed by atoms with Crippen LogP contribution >= 0.6 is 0 Å². The number of benzene rings is 6. The molecule has 10 rings (SSSR count). The number of nitrogens with zero attached hydrogens (tertiary/aromatic N) is 4. The van der Waals surface area contributed by atoms with E-state index in [1.807, 2.05) is 12.3 Å². The third-order valence-corrected chi connectivity index (χ3v) is 9.34. The van der Waals surface area contributed by atoms with Crippen LogP contribution in [-0.4, -0.2) is 19.1 Å². The molecule has 0 bridgehead atoms. The molecule has 0 aliphatic heterocycles. The Morgan fingerprint density at radius 2 is 1.09 bits per heavy atom. The second kappa shape index (κ2) is 9.62. The standard InChI is InChI=1S/C42H26N4/c1-2-10-30(11-3-1)46-36-14-6-4-12-32(36)33-23-25-38-39(42(33)46)34-13-5-7-15-37(34)45(38)31-21-18-27(19-22-31)35-24-20-29-17-16-28-9-8-26-43-40(28)41(29)44-35/h1-26H. The summed E-state index contributed by atoms with van der Waals surface area (Å²) < 4.78 is 4.82. The molecule has 0 spiro atoms. The molecule has 0 fully saturated rings. The first-order valence-corrected chi connectivity index (χ1v) is 15.6. The number of rotatable bonds is 3. The normalized spacial score (nSPS) is 11.9. The lowest BCUT2D eigenvalue weighted by Crippen LogP contribution is -1.95. The molecule has 0 N–H and O–H groups in total. The number of fused-ring (bicyclic) bond motifs is 10. The molecule has 0 amide bonds. The summed E-state index contributed by atoms with van der Waals surface area (Å²) >= 11 is 0. The summed E-state index contributed by atoms with van der Waals surface area (Å²) in [5.74, 6) is 0. The minimum absolute atomic E-state index is 0.930. The van der Waals surface area contributed by atoms with E-state index in [0.717, 1.165) is 44.4 Å². The topological polar surface area (TPSA) is 35.6 Å². The highest BCUT2D eigenvalue weighted by Gasteiger charge is 2.20. The fourth-order valence-electron chi connectivity index (χ4n) is 7.30. The van der Waals surface area contributed by atoms with Crippen molar-refractivity contribution < 1.29 is 0 Å². The van der Waals surface area contributed by atoms with Crippen LogP contribution in [0.15, 0.2) is 158 Å². The summed E-state index contributed by atoms with van der Waals surface area (Å²) in [4.78, 5) is 9.73. The predicted octanol–water partition coefficient (Wildman–Crippen LogP) is 10.6. The number of pyridine rings is 2. The number of hydrogen-bond donors (Lipinski definition) is 0. The van der Waals surface area contributed by atoms with Gasteiger partial charge in [0.05, 0.1) is 38.8 Å². The molecule has 4 nitrogen and oxygen atoms in total. The zero-order valence-corrected chi connectivity index (χ0v) is 24.8. The van der Waals surface area contributed by atoms with Crippen LogP contribution in [0.4, 0.5) is 0 Å². The largest absolute Gasteiger partial charge is 0.309 e. The number of aromatic nitrogens is 4. The Morgan fingerprint density at radius 1 is 0.413 bits per heavy atom. The SMILES string of the molecule is c1ccc(-n2c3ccccc3c3ccc4c(c5ccccc5n4-c4ccc(-c5ccc6ccc7cccnc7c6n5)cc4)c32)cc1. The quantitative estimate of drug-likeness (QED) is 0.193. The number of para-hydroxylation sites is 3. The maximum Gasteiger partial charge on any atom is 0.0972 e. The highest BCUT2D eigenvalue weighted by atomic mass is 15.0. The summed E-state index contributed by atoms with van der Waals surface area (Å²) in [6, 6.07) is 54.1. The van der Waals surface area contributed by atoms with Crippen molar-refractivity contribution in [2.45, 2.75) is 0 Å². The molecule has 4 aromatic heterocycles. The van der Waals surface area contributed by atoms with Gasteiger partial charge in [-0.3, -0.25) is 4.98 Å². The van der Waals surface area contributed by atoms with E-state index in [-0.39, 0.29) is 0 Å². The first kappa shape index (κ1) is 25.1. The number of hydrogen-bond acceptors (Lipinski definition) is 2. The molecule has 0 aliphatic rings. The van der Waals surface area contributed by atoms with Crippen molar-refractivity contribution in [1.82, 2.24) is 19.1 Å². The van der Waals surface area contributed by atoms with Crippen molar-refractivity contribution in [2.75, 3.05) is 0 Å². The average molecular weight is 587 g/mol. The van der Waals surface area contributed by atoms with Gasteiger partial charge in [-0.2, -0.15) is 0 Å². The maximum atomic E-state index is 5.09. The summed E-state index contributed by atoms with van der Waals surface area (Å²) in [6.45, 7) is 0. The molecule has 0 unspecified atom stereocenters. The summed E-state index contributed by atoms with van der Waals surface area (Å²) in [5.41, 5.74) is 11.0. The van der Waals surface area contributed by atoms with Crippen molar-refractivity contribution >= 4 is 65.4 Å². The molecule has 214 valence electrons. The Morgan fingerprint density at radius 3 is 1.91 bits per heavy atom. The molecule has 46 heavy (non-hydrogen) atoms. The minimum Gasteiger partial charge on any atom is -0.309 e. The first-order valence-electron chi connectivity index (χ1n) is 15.6. The average Bonchev–Trinajstić information content (AvgIpc) is 3.65. The van der Waals surface area contributed by atoms with Gasteiger partial charge < -0.3 is 9.13 Å². The van der Waals surface area contributed by atoms with Gasteiger partial charge in [-0.15, -0.1) is 0 Å². The molecular weight excluding hydrogens is 560 g/mol. The second-order valence-corrected chi connectivity index (χ2v) is 11.9. The van der Waals surface area contributed by atoms with E-state index in [1.54, 1.807) is 0 Å². The van der Waals surface area contributed by atoms with E-state index in [9.17, 15) is 0 Å². The van der Waals surface area contributed by atoms with Crippen molar-refractivity contribution in [3.8, 4) is 22.6 Å². The van der Waals surface area contributed by atoms with Gasteiger partial charge in [0.25, 0.3) is 0 Å². The summed E-state index contributed by atoms with van der Waals surface area (Å²) in [7, 11) is 0. The van der Waals surface area contributed by atoms with E-state index in [4.69, 9.17) is 4.98 Å². The summed E-state index contributed by atoms with van der Waals surface area (Å²) in [6.07, 6.45) is 1.84. The van der Waals surface area contributed by atoms with E-state index < -0.39 is 0 Å². The molecule has 0 saturated carbocycles. The zero-order valence-electron chi connectivity index (χ0n) is 24.8. The Balaban J connectivity index is 1.20. The van der Waals surface area contributed by atoms with E-state index in [0.29, 0.717) is 0 Å². The van der Waals surface area contributed by atoms with Crippen molar-refractivity contribution in [2.24, 2.45) is 0 Å². The monoisotopic (exact) mass is 586 g/mol. The molecule has 0 radical (unpaired) electrons. The van der Waals surface area contributed by atoms with Crippen LogP contribution < -0.4 is 0 Å². The van der Waals surface area contributed by atoms with Crippen LogP contribution in [0.3, 0.4) is 0 Å². The van der Waals surface area contributed by atoms with Crippen molar-refractivity contribution in [1.29, 1.82) is 0 Å². The van der Waals surface area contributed by atoms with Crippen LogP contribution in [0.5, 0.6) is 0 Å². The van der Waals surface area contributed by atoms with Crippen LogP contribution in [-0.2, 0) is 0 Å². The Bertz CT molecular complexity index is 2790. The van der Waals surface area contributed by atoms with E-state index in [1.165, 1.54) is 43.6 Å². The van der Waals surface area contributed by atoms with Gasteiger partial charge in [0, 0.05) is 55.5 Å². The van der Waals surface area contributed by atoms with Gasteiger partial charge in [0.1, 0.15) is 0 Å². The van der Waals surface area contributed by atoms with Crippen LogP contribution in [0, 0.1) is 0 Å². The van der Waals surface area contributed by atoms with Crippen LogP contribution in [0.25, 0.3) is 88.0 Å². The molecule has 0 atom stereocenters. The van der Waals surface area contributed by atoms with Gasteiger partial charge in [0.2, 0.25) is 0 Å². The van der Waals surface area contributed by atoms with E-state index >= 15 is 0 Å². The highest BCUT2D eigenvalue weighted by Crippen LogP contribution is 2.42. The first-order chi connectivity index (χ1) is 22.8. The lowest BCUT2D eigenvalue weighted by atomic mass is 10.1. The fraction of sp³-hybridized carbons (Fsp3) is 0. The molecule has 4 heterocycles. The zero-order chi connectivity index (χ0) is 30.2. The van der Waals surface area contributed by atoms with E-state index in [2.05, 4.69) is 160 Å². The lowest BCUT2D eigenvalue weighted by Gasteiger charge is -2.11. The summed E-state index contributed by atoms with van der Waals surface area (Å²) in [5, 5.41) is 7.21. The fourth-order valence-corrected chi connectivity index (χ4v) is 7.30. The van der Waals surface area contributed by atoms with Crippen LogP contribution in [0.2, 0.25) is 0 Å². The third kappa shape index (κ3) is 3.55. The lowest BCUT2D eigenvalue weighted by molar-refractivity contribution is 1.17. The smallest absolute Gasteiger partial charge is 0.0972 e. The molecule has 0 saturated heterocycles. The minimum atomic E-state index is 0.930. The van der Waals surface area contributed by atoms with Gasteiger partial charge in [-0.25, -0.2) is 4.98 Å². The second-order valence-electron chi connectivity index (χ2n) is 11.9. The van der Waals surface area contributed by atoms with Crippen LogP contribution in [0.1, 0.15) is 0 Å². The van der Waals surface area contributed by atoms with Gasteiger partial charge >= 0.3 is 0 Å². The van der Waals surface area contributed by atoms with Gasteiger partial charge in [-0.1, -0.05) is 97.1 Å². The molecule has 4 heteroatoms. The maximum absolute atomic E-state index is 5.09. The molecular formula is C42H26N4. The molecule has 10 aromatic rings.